The average Bonchev–Trinajstić information content (AvgIpc) is 2.72. The zero-order chi connectivity index (χ0) is 19.6. The molecule has 1 amide bonds. The van der Waals surface area contributed by atoms with Crippen LogP contribution in [0.2, 0.25) is 0 Å². The van der Waals surface area contributed by atoms with E-state index in [1.54, 1.807) is 42.5 Å². The van der Waals surface area contributed by atoms with Gasteiger partial charge in [-0.2, -0.15) is 5.26 Å². The van der Waals surface area contributed by atoms with E-state index in [9.17, 15) is 9.59 Å². The number of esters is 1. The number of benzene rings is 2. The number of carbonyl (C=O) groups excluding carboxylic acids is 2. The number of ether oxygens (including phenoxy) is 3. The fourth-order valence-corrected chi connectivity index (χ4v) is 2.50. The molecule has 0 aliphatic heterocycles. The van der Waals surface area contributed by atoms with Gasteiger partial charge < -0.3 is 19.1 Å². The Hall–Kier alpha value is -3.53. The summed E-state index contributed by atoms with van der Waals surface area (Å²) in [6.45, 7) is -0.269. The Labute approximate surface area is 157 Å². The molecule has 0 aliphatic carbocycles. The first-order chi connectivity index (χ1) is 13.1. The van der Waals surface area contributed by atoms with Gasteiger partial charge in [0.25, 0.3) is 5.91 Å². The Morgan fingerprint density at radius 2 is 1.63 bits per heavy atom. The largest absolute Gasteiger partial charge is 0.496 e. The molecular weight excluding hydrogens is 348 g/mol. The smallest absolute Gasteiger partial charge is 0.346 e. The van der Waals surface area contributed by atoms with Gasteiger partial charge in [0.2, 0.25) is 0 Å². The molecule has 140 valence electrons. The summed E-state index contributed by atoms with van der Waals surface area (Å²) in [6.07, 6.45) is 0.162. The van der Waals surface area contributed by atoms with Gasteiger partial charge in [0.05, 0.1) is 26.7 Å². The lowest BCUT2D eigenvalue weighted by Crippen LogP contribution is -2.35. The molecule has 0 bridgehead atoms. The van der Waals surface area contributed by atoms with Crippen molar-refractivity contribution in [2.75, 3.05) is 32.3 Å². The van der Waals surface area contributed by atoms with E-state index in [1.807, 2.05) is 12.1 Å². The Bertz CT molecular complexity index is 808. The van der Waals surface area contributed by atoms with Gasteiger partial charge in [-0.1, -0.05) is 24.3 Å². The second kappa shape index (κ2) is 9.82. The lowest BCUT2D eigenvalue weighted by Gasteiger charge is -2.21. The third kappa shape index (κ3) is 4.98. The van der Waals surface area contributed by atoms with Gasteiger partial charge in [0, 0.05) is 12.2 Å². The number of methoxy groups -OCH3 is 2. The van der Waals surface area contributed by atoms with Gasteiger partial charge in [-0.3, -0.25) is 4.79 Å². The molecule has 0 fully saturated rings. The molecule has 0 heterocycles. The fourth-order valence-electron chi connectivity index (χ4n) is 2.50. The van der Waals surface area contributed by atoms with Crippen LogP contribution in [-0.4, -0.2) is 39.2 Å². The number of hydrogen-bond acceptors (Lipinski definition) is 6. The van der Waals surface area contributed by atoms with E-state index in [1.165, 1.54) is 19.1 Å². The van der Waals surface area contributed by atoms with Crippen molar-refractivity contribution < 1.29 is 23.8 Å². The molecule has 0 atom stereocenters. The van der Waals surface area contributed by atoms with E-state index in [4.69, 9.17) is 19.5 Å². The third-order valence-electron chi connectivity index (χ3n) is 3.77. The third-order valence-corrected chi connectivity index (χ3v) is 3.77. The molecule has 0 N–H and O–H groups in total. The summed E-state index contributed by atoms with van der Waals surface area (Å²) in [4.78, 5) is 26.5. The molecule has 0 unspecified atom stereocenters. The molecule has 0 aromatic heterocycles. The summed E-state index contributed by atoms with van der Waals surface area (Å²) in [7, 11) is 2.85. The van der Waals surface area contributed by atoms with Crippen LogP contribution in [0.1, 0.15) is 16.8 Å². The molecule has 7 nitrogen and oxygen atoms in total. The van der Waals surface area contributed by atoms with Crippen molar-refractivity contribution in [3.05, 3.63) is 54.1 Å². The second-order valence-corrected chi connectivity index (χ2v) is 5.40. The Kier molecular flexibility index (Phi) is 7.20. The summed E-state index contributed by atoms with van der Waals surface area (Å²) >= 11 is 0. The predicted octanol–water partition coefficient (Wildman–Crippen LogP) is 2.81. The van der Waals surface area contributed by atoms with Crippen LogP contribution < -0.4 is 14.4 Å². The minimum absolute atomic E-state index is 0.110. The number of hydrogen-bond donors (Lipinski definition) is 0. The highest BCUT2D eigenvalue weighted by Gasteiger charge is 2.22. The van der Waals surface area contributed by atoms with Crippen LogP contribution in [0.5, 0.6) is 11.5 Å². The molecule has 7 heteroatoms. The van der Waals surface area contributed by atoms with E-state index in [0.29, 0.717) is 5.69 Å². The van der Waals surface area contributed by atoms with E-state index < -0.39 is 18.5 Å². The first-order valence-corrected chi connectivity index (χ1v) is 8.22. The van der Waals surface area contributed by atoms with Crippen LogP contribution in [0.3, 0.4) is 0 Å². The normalized spacial score (nSPS) is 9.81. The first kappa shape index (κ1) is 19.8. The van der Waals surface area contributed by atoms with E-state index in [-0.39, 0.29) is 30.0 Å². The highest BCUT2D eigenvalue weighted by Crippen LogP contribution is 2.29. The van der Waals surface area contributed by atoms with Crippen LogP contribution >= 0.6 is 0 Å². The second-order valence-electron chi connectivity index (χ2n) is 5.40. The summed E-state index contributed by atoms with van der Waals surface area (Å²) in [5.41, 5.74) is 0.738. The van der Waals surface area contributed by atoms with Crippen molar-refractivity contribution in [1.29, 1.82) is 5.26 Å². The molecule has 0 spiro atoms. The van der Waals surface area contributed by atoms with Gasteiger partial charge in [-0.15, -0.1) is 0 Å². The lowest BCUT2D eigenvalue weighted by molar-refractivity contribution is -0.121. The fraction of sp³-hybridized carbons (Fsp3) is 0.250. The molecule has 0 radical (unpaired) electrons. The number of rotatable bonds is 8. The van der Waals surface area contributed by atoms with Crippen LogP contribution in [0.15, 0.2) is 48.5 Å². The summed E-state index contributed by atoms with van der Waals surface area (Å²) in [5.74, 6) is -0.586. The molecule has 0 aliphatic rings. The van der Waals surface area contributed by atoms with Crippen molar-refractivity contribution in [2.45, 2.75) is 6.42 Å². The Morgan fingerprint density at radius 1 is 1.00 bits per heavy atom. The van der Waals surface area contributed by atoms with E-state index in [2.05, 4.69) is 0 Å². The van der Waals surface area contributed by atoms with E-state index in [0.717, 1.165) is 0 Å². The molecule has 27 heavy (non-hydrogen) atoms. The van der Waals surface area contributed by atoms with Gasteiger partial charge in [0.15, 0.2) is 6.61 Å². The van der Waals surface area contributed by atoms with Crippen LogP contribution in [0.25, 0.3) is 0 Å². The maximum absolute atomic E-state index is 12.6. The minimum atomic E-state index is -0.731. The monoisotopic (exact) mass is 368 g/mol. The number of nitrogens with zero attached hydrogens (tertiary/aromatic N) is 2. The molecule has 2 aromatic rings. The van der Waals surface area contributed by atoms with Crippen molar-refractivity contribution in [3.8, 4) is 17.6 Å². The maximum atomic E-state index is 12.6. The lowest BCUT2D eigenvalue weighted by atomic mass is 10.2. The number of nitriles is 1. The van der Waals surface area contributed by atoms with Gasteiger partial charge in [-0.05, 0) is 24.3 Å². The van der Waals surface area contributed by atoms with Crippen LogP contribution in [0.4, 0.5) is 5.69 Å². The van der Waals surface area contributed by atoms with Crippen molar-refractivity contribution in [1.82, 2.24) is 0 Å². The maximum Gasteiger partial charge on any atom is 0.346 e. The number of para-hydroxylation sites is 1. The van der Waals surface area contributed by atoms with Crippen LogP contribution in [0, 0.1) is 11.3 Å². The predicted molar refractivity (Wildman–Crippen MR) is 98.9 cm³/mol. The Morgan fingerprint density at radius 3 is 2.19 bits per heavy atom. The van der Waals surface area contributed by atoms with Gasteiger partial charge >= 0.3 is 5.97 Å². The minimum Gasteiger partial charge on any atom is -0.496 e. The summed E-state index contributed by atoms with van der Waals surface area (Å²) < 4.78 is 15.5. The quantitative estimate of drug-likeness (QED) is 0.666. The standard InChI is InChI=1S/C20H20N2O5/c1-25-16-10-6-11-17(26-2)19(16)20(24)27-14-18(23)22(13-7-12-21)15-8-4-3-5-9-15/h3-6,8-11H,7,13-14H2,1-2H3. The highest BCUT2D eigenvalue weighted by molar-refractivity contribution is 5.99. The van der Waals surface area contributed by atoms with Crippen molar-refractivity contribution >= 4 is 17.6 Å². The number of anilines is 1. The zero-order valence-electron chi connectivity index (χ0n) is 15.2. The molecular formula is C20H20N2O5. The van der Waals surface area contributed by atoms with Gasteiger partial charge in [0.1, 0.15) is 17.1 Å². The van der Waals surface area contributed by atoms with Crippen LogP contribution in [-0.2, 0) is 9.53 Å². The highest BCUT2D eigenvalue weighted by atomic mass is 16.5. The number of amides is 1. The molecule has 0 saturated heterocycles. The van der Waals surface area contributed by atoms with E-state index >= 15 is 0 Å². The summed E-state index contributed by atoms with van der Waals surface area (Å²) in [6, 6.07) is 15.8. The first-order valence-electron chi connectivity index (χ1n) is 8.22. The number of carbonyl (C=O) groups is 2. The molecule has 2 aromatic carbocycles. The average molecular weight is 368 g/mol. The van der Waals surface area contributed by atoms with Gasteiger partial charge in [-0.25, -0.2) is 4.79 Å². The summed E-state index contributed by atoms with van der Waals surface area (Å²) in [5, 5.41) is 8.82. The molecule has 2 rings (SSSR count). The SMILES string of the molecule is COc1cccc(OC)c1C(=O)OCC(=O)N(CCC#N)c1ccccc1. The topological polar surface area (TPSA) is 88.9 Å². The Balaban J connectivity index is 2.13. The molecule has 0 saturated carbocycles. The zero-order valence-corrected chi connectivity index (χ0v) is 15.2. The van der Waals surface area contributed by atoms with Crippen molar-refractivity contribution in [3.63, 3.8) is 0 Å². The van der Waals surface area contributed by atoms with Crippen molar-refractivity contribution in [2.24, 2.45) is 0 Å².